The molecule has 1 aromatic heterocycles. The van der Waals surface area contributed by atoms with Gasteiger partial charge in [0.2, 0.25) is 0 Å². The summed E-state index contributed by atoms with van der Waals surface area (Å²) in [5.74, 6) is 0.697. The molecule has 1 aliphatic carbocycles. The summed E-state index contributed by atoms with van der Waals surface area (Å²) in [5.41, 5.74) is 0.362. The highest BCUT2D eigenvalue weighted by molar-refractivity contribution is 9.10. The number of nitrogens with one attached hydrogen (secondary N) is 1. The third kappa shape index (κ3) is 2.37. The van der Waals surface area contributed by atoms with Crippen LogP contribution in [0.15, 0.2) is 16.7 Å². The largest absolute Gasteiger partial charge is 0.367 e. The SMILES string of the molecule is CC(C)C1(CNc2ncc(Br)cc2F)CC1. The summed E-state index contributed by atoms with van der Waals surface area (Å²) < 4.78 is 14.2. The Hall–Kier alpha value is -0.640. The van der Waals surface area contributed by atoms with E-state index in [1.54, 1.807) is 6.20 Å². The van der Waals surface area contributed by atoms with Crippen LogP contribution in [0.4, 0.5) is 10.2 Å². The van der Waals surface area contributed by atoms with E-state index in [1.165, 1.54) is 18.9 Å². The summed E-state index contributed by atoms with van der Waals surface area (Å²) in [6, 6.07) is 1.43. The summed E-state index contributed by atoms with van der Waals surface area (Å²) in [6.07, 6.45) is 4.08. The molecule has 1 aromatic rings. The lowest BCUT2D eigenvalue weighted by Gasteiger charge is -2.20. The van der Waals surface area contributed by atoms with Gasteiger partial charge in [-0.1, -0.05) is 13.8 Å². The van der Waals surface area contributed by atoms with Gasteiger partial charge in [0, 0.05) is 17.2 Å². The minimum atomic E-state index is -0.297. The molecule has 0 amide bonds. The molecule has 88 valence electrons. The fourth-order valence-electron chi connectivity index (χ4n) is 1.92. The van der Waals surface area contributed by atoms with Crippen molar-refractivity contribution >= 4 is 21.7 Å². The van der Waals surface area contributed by atoms with Crippen molar-refractivity contribution in [1.29, 1.82) is 0 Å². The highest BCUT2D eigenvalue weighted by atomic mass is 79.9. The van der Waals surface area contributed by atoms with Crippen LogP contribution in [-0.2, 0) is 0 Å². The standard InChI is InChI=1S/C12H16BrFN2/c1-8(2)12(3-4-12)7-16-11-10(14)5-9(13)6-15-11/h5-6,8H,3-4,7H2,1-2H3,(H,15,16). The molecule has 0 aromatic carbocycles. The molecule has 4 heteroatoms. The van der Waals surface area contributed by atoms with Gasteiger partial charge in [-0.25, -0.2) is 9.37 Å². The summed E-state index contributed by atoms with van der Waals surface area (Å²) in [5, 5.41) is 3.12. The number of halogens is 2. The van der Waals surface area contributed by atoms with Gasteiger partial charge in [0.05, 0.1) is 0 Å². The minimum Gasteiger partial charge on any atom is -0.367 e. The number of rotatable bonds is 4. The van der Waals surface area contributed by atoms with Crippen molar-refractivity contribution in [2.45, 2.75) is 26.7 Å². The molecule has 2 nitrogen and oxygen atoms in total. The predicted octanol–water partition coefficient (Wildman–Crippen LogP) is 3.83. The second kappa shape index (κ2) is 4.32. The minimum absolute atomic E-state index is 0.297. The van der Waals surface area contributed by atoms with E-state index in [2.05, 4.69) is 40.1 Å². The summed E-state index contributed by atoms with van der Waals surface area (Å²) >= 11 is 3.19. The first-order valence-corrected chi connectivity index (χ1v) is 6.38. The molecule has 1 saturated carbocycles. The van der Waals surface area contributed by atoms with Crippen LogP contribution in [0, 0.1) is 17.2 Å². The number of aromatic nitrogens is 1. The second-order valence-electron chi connectivity index (χ2n) is 4.85. The van der Waals surface area contributed by atoms with Crippen LogP contribution < -0.4 is 5.32 Å². The molecule has 0 aliphatic heterocycles. The van der Waals surface area contributed by atoms with Crippen LogP contribution >= 0.6 is 15.9 Å². The van der Waals surface area contributed by atoms with E-state index in [1.807, 2.05) is 0 Å². The van der Waals surface area contributed by atoms with E-state index in [9.17, 15) is 4.39 Å². The third-order valence-electron chi connectivity index (χ3n) is 3.53. The molecule has 1 aliphatic rings. The maximum Gasteiger partial charge on any atom is 0.166 e. The van der Waals surface area contributed by atoms with E-state index in [-0.39, 0.29) is 5.82 Å². The molecule has 0 radical (unpaired) electrons. The van der Waals surface area contributed by atoms with E-state index >= 15 is 0 Å². The van der Waals surface area contributed by atoms with Gasteiger partial charge in [-0.05, 0) is 46.2 Å². The quantitative estimate of drug-likeness (QED) is 0.910. The van der Waals surface area contributed by atoms with E-state index in [0.717, 1.165) is 6.54 Å². The van der Waals surface area contributed by atoms with Gasteiger partial charge < -0.3 is 5.32 Å². The Morgan fingerprint density at radius 2 is 2.25 bits per heavy atom. The third-order valence-corrected chi connectivity index (χ3v) is 3.97. The predicted molar refractivity (Wildman–Crippen MR) is 66.9 cm³/mol. The molecular weight excluding hydrogens is 271 g/mol. The molecule has 1 fully saturated rings. The van der Waals surface area contributed by atoms with Gasteiger partial charge in [-0.15, -0.1) is 0 Å². The summed E-state index contributed by atoms with van der Waals surface area (Å²) in [4.78, 5) is 4.04. The fourth-order valence-corrected chi connectivity index (χ4v) is 2.23. The summed E-state index contributed by atoms with van der Waals surface area (Å²) in [6.45, 7) is 5.26. The molecule has 1 N–H and O–H groups in total. The molecule has 0 saturated heterocycles. The molecule has 2 rings (SSSR count). The molecule has 0 bridgehead atoms. The highest BCUT2D eigenvalue weighted by Gasteiger charge is 2.45. The number of hydrogen-bond donors (Lipinski definition) is 1. The summed E-state index contributed by atoms with van der Waals surface area (Å²) in [7, 11) is 0. The zero-order valence-corrected chi connectivity index (χ0v) is 11.1. The van der Waals surface area contributed by atoms with Crippen LogP contribution in [-0.4, -0.2) is 11.5 Å². The number of pyridine rings is 1. The van der Waals surface area contributed by atoms with Crippen molar-refractivity contribution in [3.8, 4) is 0 Å². The average molecular weight is 287 g/mol. The molecule has 0 spiro atoms. The lowest BCUT2D eigenvalue weighted by molar-refractivity contribution is 0.379. The Bertz CT molecular complexity index is 389. The maximum atomic E-state index is 13.5. The lowest BCUT2D eigenvalue weighted by Crippen LogP contribution is -2.21. The van der Waals surface area contributed by atoms with E-state index in [4.69, 9.17) is 0 Å². The average Bonchev–Trinajstić information content (AvgIpc) is 2.97. The zero-order valence-electron chi connectivity index (χ0n) is 9.56. The van der Waals surface area contributed by atoms with Crippen molar-refractivity contribution in [3.63, 3.8) is 0 Å². The van der Waals surface area contributed by atoms with Gasteiger partial charge in [0.25, 0.3) is 0 Å². The van der Waals surface area contributed by atoms with Crippen LogP contribution in [0.5, 0.6) is 0 Å². The first-order chi connectivity index (χ1) is 7.53. The van der Waals surface area contributed by atoms with Gasteiger partial charge in [-0.3, -0.25) is 0 Å². The molecule has 16 heavy (non-hydrogen) atoms. The maximum absolute atomic E-state index is 13.5. The van der Waals surface area contributed by atoms with Crippen molar-refractivity contribution in [3.05, 3.63) is 22.6 Å². The van der Waals surface area contributed by atoms with Crippen LogP contribution in [0.3, 0.4) is 0 Å². The fraction of sp³-hybridized carbons (Fsp3) is 0.583. The van der Waals surface area contributed by atoms with E-state index < -0.39 is 0 Å². The van der Waals surface area contributed by atoms with Crippen molar-refractivity contribution in [1.82, 2.24) is 4.98 Å². The van der Waals surface area contributed by atoms with Crippen molar-refractivity contribution < 1.29 is 4.39 Å². The van der Waals surface area contributed by atoms with Gasteiger partial charge >= 0.3 is 0 Å². The van der Waals surface area contributed by atoms with E-state index in [0.29, 0.717) is 21.6 Å². The van der Waals surface area contributed by atoms with Crippen LogP contribution in [0.1, 0.15) is 26.7 Å². The molecule has 0 atom stereocenters. The Morgan fingerprint density at radius 3 is 2.75 bits per heavy atom. The van der Waals surface area contributed by atoms with Crippen LogP contribution in [0.25, 0.3) is 0 Å². The first-order valence-electron chi connectivity index (χ1n) is 5.58. The second-order valence-corrected chi connectivity index (χ2v) is 5.77. The van der Waals surface area contributed by atoms with Crippen molar-refractivity contribution in [2.24, 2.45) is 11.3 Å². The zero-order chi connectivity index (χ0) is 11.8. The molecule has 0 unspecified atom stereocenters. The number of nitrogens with zero attached hydrogens (tertiary/aromatic N) is 1. The Labute approximate surface area is 104 Å². The Morgan fingerprint density at radius 1 is 1.56 bits per heavy atom. The van der Waals surface area contributed by atoms with Gasteiger partial charge in [-0.2, -0.15) is 0 Å². The Kier molecular flexibility index (Phi) is 3.19. The van der Waals surface area contributed by atoms with Gasteiger partial charge in [0.1, 0.15) is 0 Å². The topological polar surface area (TPSA) is 24.9 Å². The monoisotopic (exact) mass is 286 g/mol. The number of hydrogen-bond acceptors (Lipinski definition) is 2. The smallest absolute Gasteiger partial charge is 0.166 e. The normalized spacial score (nSPS) is 17.6. The van der Waals surface area contributed by atoms with Crippen molar-refractivity contribution in [2.75, 3.05) is 11.9 Å². The lowest BCUT2D eigenvalue weighted by atomic mass is 9.92. The Balaban J connectivity index is 2.00. The molecule has 1 heterocycles. The first kappa shape index (κ1) is 11.8. The highest BCUT2D eigenvalue weighted by Crippen LogP contribution is 2.51. The van der Waals surface area contributed by atoms with Gasteiger partial charge in [0.15, 0.2) is 11.6 Å². The molecular formula is C12H16BrFN2. The van der Waals surface area contributed by atoms with Crippen LogP contribution in [0.2, 0.25) is 0 Å². The number of anilines is 1.